The summed E-state index contributed by atoms with van der Waals surface area (Å²) in [6.45, 7) is 6.18. The van der Waals surface area contributed by atoms with Gasteiger partial charge < -0.3 is 24.2 Å². The molecule has 4 heterocycles. The number of amides is 1. The van der Waals surface area contributed by atoms with E-state index in [4.69, 9.17) is 9.72 Å². The fourth-order valence-electron chi connectivity index (χ4n) is 6.10. The molecule has 1 saturated heterocycles. The maximum atomic E-state index is 11.2. The van der Waals surface area contributed by atoms with E-state index in [1.165, 1.54) is 27.3 Å². The van der Waals surface area contributed by atoms with Crippen molar-refractivity contribution in [3.63, 3.8) is 0 Å². The lowest BCUT2D eigenvalue weighted by Gasteiger charge is -2.32. The maximum absolute atomic E-state index is 11.2. The molecule has 7 heteroatoms. The molecule has 1 N–H and O–H groups in total. The summed E-state index contributed by atoms with van der Waals surface area (Å²) in [5.41, 5.74) is 8.23. The van der Waals surface area contributed by atoms with Gasteiger partial charge in [-0.3, -0.25) is 0 Å². The predicted octanol–water partition coefficient (Wildman–Crippen LogP) is 5.38. The average Bonchev–Trinajstić information content (AvgIpc) is 3.18. The number of piperidine rings is 1. The Balaban J connectivity index is 1.31. The number of ether oxygens (including phenoxy) is 1. The Morgan fingerprint density at radius 3 is 2.42 bits per heavy atom. The van der Waals surface area contributed by atoms with Gasteiger partial charge in [0.1, 0.15) is 11.9 Å². The van der Waals surface area contributed by atoms with E-state index in [-0.39, 0.29) is 12.2 Å². The fourth-order valence-corrected chi connectivity index (χ4v) is 6.10. The topological polar surface area (TPSA) is 70.8 Å². The zero-order valence-electron chi connectivity index (χ0n) is 22.3. The molecule has 1 fully saturated rings. The molecule has 3 aliphatic rings. The van der Waals surface area contributed by atoms with E-state index >= 15 is 0 Å². The van der Waals surface area contributed by atoms with Crippen LogP contribution in [0.1, 0.15) is 53.6 Å². The first kappa shape index (κ1) is 24.9. The number of rotatable bonds is 4. The van der Waals surface area contributed by atoms with Crippen molar-refractivity contribution in [1.29, 1.82) is 0 Å². The SMILES string of the molecule is Cc1c(-c2ccc(C3=CCN(C(=O)O)CC3)cc2)nc2n1CCc1ccccc1C2OC1CCN(C)CC1. The highest BCUT2D eigenvalue weighted by Gasteiger charge is 2.32. The fraction of sp³-hybridized carbons (Fsp3) is 0.419. The maximum Gasteiger partial charge on any atom is 0.407 e. The van der Waals surface area contributed by atoms with Gasteiger partial charge in [0.15, 0.2) is 0 Å². The van der Waals surface area contributed by atoms with Gasteiger partial charge in [0.05, 0.1) is 11.8 Å². The van der Waals surface area contributed by atoms with E-state index in [9.17, 15) is 9.90 Å². The van der Waals surface area contributed by atoms with E-state index in [1.54, 1.807) is 0 Å². The zero-order valence-corrected chi connectivity index (χ0v) is 22.3. The number of aryl methyl sites for hydroxylation is 1. The third kappa shape index (κ3) is 4.76. The Labute approximate surface area is 224 Å². The molecule has 38 heavy (non-hydrogen) atoms. The molecule has 0 saturated carbocycles. The summed E-state index contributed by atoms with van der Waals surface area (Å²) in [4.78, 5) is 20.3. The van der Waals surface area contributed by atoms with Crippen LogP contribution in [0.5, 0.6) is 0 Å². The molecular weight excluding hydrogens is 476 g/mol. The van der Waals surface area contributed by atoms with Crippen LogP contribution in [-0.4, -0.2) is 69.9 Å². The minimum atomic E-state index is -0.855. The van der Waals surface area contributed by atoms with Gasteiger partial charge in [-0.05, 0) is 61.9 Å². The minimum absolute atomic E-state index is 0.168. The zero-order chi connectivity index (χ0) is 26.2. The number of nitrogens with zero attached hydrogens (tertiary/aromatic N) is 4. The van der Waals surface area contributed by atoms with Crippen LogP contribution in [0.3, 0.4) is 0 Å². The second-order valence-electron chi connectivity index (χ2n) is 10.8. The van der Waals surface area contributed by atoms with Crippen LogP contribution in [0, 0.1) is 6.92 Å². The van der Waals surface area contributed by atoms with Crippen LogP contribution >= 0.6 is 0 Å². The van der Waals surface area contributed by atoms with Gasteiger partial charge in [-0.2, -0.15) is 0 Å². The molecule has 3 aliphatic heterocycles. The normalized spacial score (nSPS) is 20.4. The number of likely N-dealkylation sites (tertiary alicyclic amines) is 1. The third-order valence-corrected chi connectivity index (χ3v) is 8.43. The molecule has 1 amide bonds. The number of fused-ring (bicyclic) bond motifs is 2. The molecule has 1 atom stereocenters. The molecule has 1 unspecified atom stereocenters. The molecular formula is C31H36N4O3. The van der Waals surface area contributed by atoms with E-state index in [0.29, 0.717) is 13.1 Å². The van der Waals surface area contributed by atoms with Gasteiger partial charge in [-0.1, -0.05) is 54.6 Å². The van der Waals surface area contributed by atoms with Crippen molar-refractivity contribution < 1.29 is 14.6 Å². The van der Waals surface area contributed by atoms with Crippen LogP contribution in [-0.2, 0) is 17.7 Å². The molecule has 0 bridgehead atoms. The first-order chi connectivity index (χ1) is 18.5. The van der Waals surface area contributed by atoms with Crippen LogP contribution in [0.2, 0.25) is 0 Å². The lowest BCUT2D eigenvalue weighted by atomic mass is 9.97. The van der Waals surface area contributed by atoms with E-state index in [1.807, 2.05) is 6.08 Å². The van der Waals surface area contributed by atoms with Gasteiger partial charge in [-0.15, -0.1) is 0 Å². The Morgan fingerprint density at radius 1 is 0.974 bits per heavy atom. The number of carboxylic acid groups (broad SMARTS) is 1. The Morgan fingerprint density at radius 2 is 1.71 bits per heavy atom. The summed E-state index contributed by atoms with van der Waals surface area (Å²) in [6.07, 6.45) is 5.03. The summed E-state index contributed by atoms with van der Waals surface area (Å²) < 4.78 is 9.25. The second kappa shape index (κ2) is 10.4. The number of aromatic nitrogens is 2. The van der Waals surface area contributed by atoms with Crippen molar-refractivity contribution in [1.82, 2.24) is 19.4 Å². The van der Waals surface area contributed by atoms with E-state index in [0.717, 1.165) is 68.0 Å². The lowest BCUT2D eigenvalue weighted by molar-refractivity contribution is -0.0276. The summed E-state index contributed by atoms with van der Waals surface area (Å²) in [5, 5.41) is 9.22. The molecule has 1 aromatic heterocycles. The molecule has 2 aromatic carbocycles. The van der Waals surface area contributed by atoms with Gasteiger partial charge in [0.25, 0.3) is 0 Å². The van der Waals surface area contributed by atoms with E-state index in [2.05, 4.69) is 72.0 Å². The highest BCUT2D eigenvalue weighted by Crippen LogP contribution is 2.37. The van der Waals surface area contributed by atoms with Crippen molar-refractivity contribution in [2.24, 2.45) is 0 Å². The molecule has 0 radical (unpaired) electrons. The summed E-state index contributed by atoms with van der Waals surface area (Å²) in [5.74, 6) is 1.01. The number of hydrogen-bond acceptors (Lipinski definition) is 4. The Kier molecular flexibility index (Phi) is 6.80. The standard InChI is InChI=1S/C31H36N4O3/c1-21-28(25-9-7-22(8-10-25)23-11-18-34(19-12-23)31(36)37)32-30-29(38-26-14-16-33(2)17-15-26)27-6-4-3-5-24(27)13-20-35(21)30/h3-11,26,29H,12-20H2,1-2H3,(H,36,37). The van der Waals surface area contributed by atoms with Crippen LogP contribution in [0.25, 0.3) is 16.8 Å². The molecule has 6 rings (SSSR count). The molecule has 0 spiro atoms. The van der Waals surface area contributed by atoms with Crippen LogP contribution in [0.4, 0.5) is 4.79 Å². The summed E-state index contributed by atoms with van der Waals surface area (Å²) in [7, 11) is 2.18. The minimum Gasteiger partial charge on any atom is -0.465 e. The van der Waals surface area contributed by atoms with Crippen molar-refractivity contribution in [2.45, 2.75) is 51.4 Å². The average molecular weight is 513 g/mol. The molecule has 7 nitrogen and oxygen atoms in total. The van der Waals surface area contributed by atoms with Crippen molar-refractivity contribution >= 4 is 11.7 Å². The predicted molar refractivity (Wildman–Crippen MR) is 148 cm³/mol. The number of hydrogen-bond donors (Lipinski definition) is 1. The number of imidazole rings is 1. The van der Waals surface area contributed by atoms with Crippen molar-refractivity contribution in [3.05, 3.63) is 82.8 Å². The molecule has 0 aliphatic carbocycles. The molecule has 198 valence electrons. The monoisotopic (exact) mass is 512 g/mol. The number of carbonyl (C=O) groups is 1. The van der Waals surface area contributed by atoms with Crippen LogP contribution < -0.4 is 0 Å². The van der Waals surface area contributed by atoms with Crippen molar-refractivity contribution in [3.8, 4) is 11.3 Å². The smallest absolute Gasteiger partial charge is 0.407 e. The van der Waals surface area contributed by atoms with E-state index < -0.39 is 6.09 Å². The lowest BCUT2D eigenvalue weighted by Crippen LogP contribution is -2.35. The largest absolute Gasteiger partial charge is 0.465 e. The Hall–Kier alpha value is -3.42. The van der Waals surface area contributed by atoms with Gasteiger partial charge in [0, 0.05) is 44.0 Å². The quantitative estimate of drug-likeness (QED) is 0.508. The van der Waals surface area contributed by atoms with Gasteiger partial charge in [0.2, 0.25) is 0 Å². The highest BCUT2D eigenvalue weighted by molar-refractivity contribution is 5.73. The van der Waals surface area contributed by atoms with Crippen molar-refractivity contribution in [2.75, 3.05) is 33.2 Å². The summed E-state index contributed by atoms with van der Waals surface area (Å²) >= 11 is 0. The Bertz CT molecular complexity index is 1350. The third-order valence-electron chi connectivity index (χ3n) is 8.43. The van der Waals surface area contributed by atoms with Gasteiger partial charge in [-0.25, -0.2) is 9.78 Å². The second-order valence-corrected chi connectivity index (χ2v) is 10.8. The molecule has 3 aromatic rings. The summed E-state index contributed by atoms with van der Waals surface area (Å²) in [6, 6.07) is 17.3. The van der Waals surface area contributed by atoms with Gasteiger partial charge >= 0.3 is 6.09 Å². The number of benzene rings is 2. The van der Waals surface area contributed by atoms with Crippen LogP contribution in [0.15, 0.2) is 54.6 Å². The highest BCUT2D eigenvalue weighted by atomic mass is 16.5. The first-order valence-corrected chi connectivity index (χ1v) is 13.7. The first-order valence-electron chi connectivity index (χ1n) is 13.7.